The summed E-state index contributed by atoms with van der Waals surface area (Å²) < 4.78 is 37.8. The molecule has 0 heterocycles. The number of rotatable bonds is 4. The standard InChI is InChI=1S/C15H11F3O2S.Ba.2H/c16-15(17,18)11-6-7-13(12(8-11)14(19)20)21-9-10-4-2-1-3-5-10;;;/h1-8H,9H2,(H,19,20);;;. The number of carbonyl (C=O) groups is 1. The molecule has 0 atom stereocenters. The first-order valence-electron chi connectivity index (χ1n) is 5.99. The van der Waals surface area contributed by atoms with Crippen molar-refractivity contribution < 1.29 is 23.1 Å². The molecule has 0 saturated heterocycles. The number of alkyl halides is 3. The Kier molecular flexibility index (Phi) is 7.57. The van der Waals surface area contributed by atoms with Crippen molar-refractivity contribution in [3.8, 4) is 0 Å². The minimum atomic E-state index is -4.55. The van der Waals surface area contributed by atoms with E-state index in [9.17, 15) is 18.0 Å². The third-order valence-corrected chi connectivity index (χ3v) is 3.92. The third kappa shape index (κ3) is 5.36. The van der Waals surface area contributed by atoms with E-state index < -0.39 is 17.7 Å². The van der Waals surface area contributed by atoms with Gasteiger partial charge in [-0.15, -0.1) is 11.8 Å². The van der Waals surface area contributed by atoms with Gasteiger partial charge in [0.15, 0.2) is 0 Å². The zero-order chi connectivity index (χ0) is 15.5. The Balaban J connectivity index is 0.00000242. The first kappa shape index (κ1) is 19.7. The molecule has 1 N–H and O–H groups in total. The number of halogens is 3. The van der Waals surface area contributed by atoms with Gasteiger partial charge in [0.25, 0.3) is 0 Å². The molecule has 0 aromatic heterocycles. The van der Waals surface area contributed by atoms with Crippen LogP contribution in [0.1, 0.15) is 21.5 Å². The van der Waals surface area contributed by atoms with Crippen molar-refractivity contribution in [2.75, 3.05) is 0 Å². The molecule has 0 aliphatic heterocycles. The topological polar surface area (TPSA) is 37.3 Å². The molecule has 2 aromatic rings. The van der Waals surface area contributed by atoms with Gasteiger partial charge in [-0.3, -0.25) is 0 Å². The summed E-state index contributed by atoms with van der Waals surface area (Å²) >= 11 is 1.20. The molecular formula is C15H13BaF3O2S. The van der Waals surface area contributed by atoms with Gasteiger partial charge in [0.1, 0.15) is 0 Å². The Morgan fingerprint density at radius 3 is 2.27 bits per heavy atom. The quantitative estimate of drug-likeness (QED) is 0.568. The van der Waals surface area contributed by atoms with E-state index in [4.69, 9.17) is 5.11 Å². The molecule has 0 amide bonds. The van der Waals surface area contributed by atoms with E-state index in [-0.39, 0.29) is 54.4 Å². The number of hydrogen-bond donors (Lipinski definition) is 1. The second kappa shape index (κ2) is 8.47. The van der Waals surface area contributed by atoms with Crippen LogP contribution in [0.25, 0.3) is 0 Å². The van der Waals surface area contributed by atoms with Crippen LogP contribution in [0.2, 0.25) is 0 Å². The Morgan fingerprint density at radius 2 is 1.73 bits per heavy atom. The summed E-state index contributed by atoms with van der Waals surface area (Å²) in [5.74, 6) is -0.872. The summed E-state index contributed by atoms with van der Waals surface area (Å²) in [6, 6.07) is 12.1. The summed E-state index contributed by atoms with van der Waals surface area (Å²) in [6.45, 7) is 0. The molecule has 0 saturated carbocycles. The van der Waals surface area contributed by atoms with Gasteiger partial charge in [-0.05, 0) is 23.8 Å². The van der Waals surface area contributed by atoms with Crippen LogP contribution in [0.5, 0.6) is 0 Å². The first-order valence-corrected chi connectivity index (χ1v) is 6.98. The van der Waals surface area contributed by atoms with Crippen LogP contribution in [0, 0.1) is 0 Å². The Hall–Kier alpha value is -0.379. The molecular weight excluding hydrogens is 439 g/mol. The SMILES string of the molecule is O=C(O)c1cc(C(F)(F)F)ccc1SCc1ccccc1.[BaH2]. The van der Waals surface area contributed by atoms with Crippen molar-refractivity contribution >= 4 is 66.6 Å². The molecule has 0 fully saturated rings. The maximum atomic E-state index is 12.6. The van der Waals surface area contributed by atoms with Crippen molar-refractivity contribution in [2.24, 2.45) is 0 Å². The van der Waals surface area contributed by atoms with Crippen molar-refractivity contribution in [3.05, 3.63) is 65.2 Å². The van der Waals surface area contributed by atoms with Crippen molar-refractivity contribution in [2.45, 2.75) is 16.8 Å². The van der Waals surface area contributed by atoms with Gasteiger partial charge in [0.05, 0.1) is 11.1 Å². The zero-order valence-corrected chi connectivity index (χ0v) is 11.5. The molecule has 0 aliphatic rings. The number of carboxylic acid groups (broad SMARTS) is 1. The van der Waals surface area contributed by atoms with Crippen LogP contribution in [0.3, 0.4) is 0 Å². The van der Waals surface area contributed by atoms with Crippen LogP contribution in [-0.2, 0) is 11.9 Å². The van der Waals surface area contributed by atoms with Gasteiger partial charge in [0.2, 0.25) is 0 Å². The van der Waals surface area contributed by atoms with Gasteiger partial charge in [-0.1, -0.05) is 30.3 Å². The molecule has 0 bridgehead atoms. The Bertz CT molecular complexity index is 645. The minimum absolute atomic E-state index is 0. The fourth-order valence-corrected chi connectivity index (χ4v) is 2.72. The summed E-state index contributed by atoms with van der Waals surface area (Å²) in [6.07, 6.45) is -4.55. The van der Waals surface area contributed by atoms with E-state index in [1.54, 1.807) is 0 Å². The number of benzene rings is 2. The van der Waals surface area contributed by atoms with E-state index in [2.05, 4.69) is 0 Å². The molecule has 2 rings (SSSR count). The molecule has 2 nitrogen and oxygen atoms in total. The number of carboxylic acids is 1. The van der Waals surface area contributed by atoms with Gasteiger partial charge >= 0.3 is 61.0 Å². The maximum absolute atomic E-state index is 12.6. The molecule has 0 aliphatic carbocycles. The molecule has 0 spiro atoms. The van der Waals surface area contributed by atoms with Crippen molar-refractivity contribution in [3.63, 3.8) is 0 Å². The van der Waals surface area contributed by atoms with E-state index in [0.29, 0.717) is 16.7 Å². The van der Waals surface area contributed by atoms with Gasteiger partial charge in [-0.2, -0.15) is 13.2 Å². The molecule has 22 heavy (non-hydrogen) atoms. The third-order valence-electron chi connectivity index (χ3n) is 2.77. The molecule has 0 radical (unpaired) electrons. The number of hydrogen-bond acceptors (Lipinski definition) is 2. The Morgan fingerprint density at radius 1 is 1.09 bits per heavy atom. The average molecular weight is 452 g/mol. The van der Waals surface area contributed by atoms with Crippen LogP contribution in [0.4, 0.5) is 13.2 Å². The summed E-state index contributed by atoms with van der Waals surface area (Å²) in [7, 11) is 0. The first-order chi connectivity index (χ1) is 9.88. The summed E-state index contributed by atoms with van der Waals surface area (Å²) in [4.78, 5) is 11.5. The van der Waals surface area contributed by atoms with Crippen LogP contribution < -0.4 is 0 Å². The average Bonchev–Trinajstić information content (AvgIpc) is 2.45. The molecule has 114 valence electrons. The molecule has 2 aromatic carbocycles. The fraction of sp³-hybridized carbons (Fsp3) is 0.133. The number of aromatic carboxylic acids is 1. The number of thioether (sulfide) groups is 1. The second-order valence-corrected chi connectivity index (χ2v) is 5.31. The predicted molar refractivity (Wildman–Crippen MR) is 83.0 cm³/mol. The van der Waals surface area contributed by atoms with Crippen LogP contribution in [-0.4, -0.2) is 60.0 Å². The molecule has 0 unspecified atom stereocenters. The van der Waals surface area contributed by atoms with Gasteiger partial charge in [-0.25, -0.2) is 4.79 Å². The monoisotopic (exact) mass is 452 g/mol. The Labute approximate surface area is 170 Å². The summed E-state index contributed by atoms with van der Waals surface area (Å²) in [5.41, 5.74) is -0.312. The van der Waals surface area contributed by atoms with E-state index in [1.807, 2.05) is 30.3 Å². The second-order valence-electron chi connectivity index (χ2n) is 4.29. The van der Waals surface area contributed by atoms with Crippen molar-refractivity contribution in [1.29, 1.82) is 0 Å². The van der Waals surface area contributed by atoms with Crippen LogP contribution >= 0.6 is 11.8 Å². The zero-order valence-electron chi connectivity index (χ0n) is 10.7. The summed E-state index contributed by atoms with van der Waals surface area (Å²) in [5, 5.41) is 9.07. The van der Waals surface area contributed by atoms with E-state index in [0.717, 1.165) is 11.6 Å². The van der Waals surface area contributed by atoms with E-state index in [1.165, 1.54) is 17.8 Å². The fourth-order valence-electron chi connectivity index (χ4n) is 1.73. The van der Waals surface area contributed by atoms with E-state index >= 15 is 0 Å². The van der Waals surface area contributed by atoms with Gasteiger partial charge in [0, 0.05) is 10.6 Å². The predicted octanol–water partition coefficient (Wildman–Crippen LogP) is 3.78. The normalized spacial score (nSPS) is 10.9. The van der Waals surface area contributed by atoms with Crippen molar-refractivity contribution in [1.82, 2.24) is 0 Å². The van der Waals surface area contributed by atoms with Crippen LogP contribution in [0.15, 0.2) is 53.4 Å². The van der Waals surface area contributed by atoms with Gasteiger partial charge < -0.3 is 5.11 Å². The molecule has 7 heteroatoms.